The zero-order valence-electron chi connectivity index (χ0n) is 9.83. The van der Waals surface area contributed by atoms with Gasteiger partial charge in [-0.05, 0) is 19.3 Å². The number of nitrogens with one attached hydrogen (secondary N) is 1. The van der Waals surface area contributed by atoms with Gasteiger partial charge in [-0.15, -0.1) is 0 Å². The van der Waals surface area contributed by atoms with E-state index in [1.54, 1.807) is 0 Å². The van der Waals surface area contributed by atoms with E-state index in [1.165, 1.54) is 0 Å². The normalized spacial score (nSPS) is 10.1. The lowest BCUT2D eigenvalue weighted by Crippen LogP contribution is -2.25. The molecule has 94 valence electrons. The van der Waals surface area contributed by atoms with E-state index in [4.69, 9.17) is 9.84 Å². The van der Waals surface area contributed by atoms with Crippen molar-refractivity contribution in [2.45, 2.75) is 39.0 Å². The van der Waals surface area contributed by atoms with E-state index in [0.29, 0.717) is 39.0 Å². The summed E-state index contributed by atoms with van der Waals surface area (Å²) in [6.45, 7) is 3.70. The van der Waals surface area contributed by atoms with Crippen LogP contribution in [0.25, 0.3) is 0 Å². The monoisotopic (exact) mass is 231 g/mol. The number of aliphatic carboxylic acids is 1. The van der Waals surface area contributed by atoms with Crippen molar-refractivity contribution in [1.29, 1.82) is 0 Å². The van der Waals surface area contributed by atoms with Crippen molar-refractivity contribution >= 4 is 11.9 Å². The minimum atomic E-state index is -0.792. The molecule has 2 N–H and O–H groups in total. The molecule has 0 bridgehead atoms. The van der Waals surface area contributed by atoms with Crippen LogP contribution in [0, 0.1) is 0 Å². The second kappa shape index (κ2) is 10.4. The van der Waals surface area contributed by atoms with Crippen LogP contribution in [0.15, 0.2) is 0 Å². The van der Waals surface area contributed by atoms with Gasteiger partial charge in [-0.1, -0.05) is 6.92 Å². The Morgan fingerprint density at radius 2 is 1.94 bits per heavy atom. The van der Waals surface area contributed by atoms with Crippen molar-refractivity contribution < 1.29 is 19.4 Å². The number of amides is 1. The first-order chi connectivity index (χ1) is 7.66. The molecule has 1 amide bonds. The van der Waals surface area contributed by atoms with Gasteiger partial charge in [0, 0.05) is 26.0 Å². The predicted octanol–water partition coefficient (Wildman–Crippen LogP) is 1.17. The number of ether oxygens (including phenoxy) is 1. The van der Waals surface area contributed by atoms with E-state index < -0.39 is 5.97 Å². The second-order valence-corrected chi connectivity index (χ2v) is 3.56. The number of hydrogen-bond donors (Lipinski definition) is 2. The minimum Gasteiger partial charge on any atom is -0.481 e. The Balaban J connectivity index is 3.20. The van der Waals surface area contributed by atoms with Gasteiger partial charge in [0.25, 0.3) is 0 Å². The molecule has 0 saturated heterocycles. The predicted molar refractivity (Wildman–Crippen MR) is 60.2 cm³/mol. The van der Waals surface area contributed by atoms with Crippen LogP contribution in [-0.2, 0) is 14.3 Å². The van der Waals surface area contributed by atoms with E-state index in [9.17, 15) is 9.59 Å². The summed E-state index contributed by atoms with van der Waals surface area (Å²) in [5, 5.41) is 11.1. The minimum absolute atomic E-state index is 0.0357. The van der Waals surface area contributed by atoms with Crippen LogP contribution < -0.4 is 5.32 Å². The van der Waals surface area contributed by atoms with Crippen LogP contribution in [0.5, 0.6) is 0 Å². The summed E-state index contributed by atoms with van der Waals surface area (Å²) in [7, 11) is 0. The molecule has 5 heteroatoms. The second-order valence-electron chi connectivity index (χ2n) is 3.56. The third kappa shape index (κ3) is 11.0. The number of rotatable bonds is 10. The Morgan fingerprint density at radius 1 is 1.19 bits per heavy atom. The molecule has 0 aromatic rings. The fraction of sp³-hybridized carbons (Fsp3) is 0.818. The van der Waals surface area contributed by atoms with E-state index in [0.717, 1.165) is 6.42 Å². The van der Waals surface area contributed by atoms with Crippen LogP contribution in [0.4, 0.5) is 0 Å². The maximum atomic E-state index is 11.2. The van der Waals surface area contributed by atoms with E-state index >= 15 is 0 Å². The lowest BCUT2D eigenvalue weighted by molar-refractivity contribution is -0.137. The Bertz CT molecular complexity index is 206. The average molecular weight is 231 g/mol. The maximum absolute atomic E-state index is 11.2. The highest BCUT2D eigenvalue weighted by molar-refractivity contribution is 5.75. The van der Waals surface area contributed by atoms with Crippen molar-refractivity contribution in [3.63, 3.8) is 0 Å². The molecule has 16 heavy (non-hydrogen) atoms. The molecule has 0 aliphatic rings. The molecular formula is C11H21NO4. The fourth-order valence-corrected chi connectivity index (χ4v) is 1.13. The van der Waals surface area contributed by atoms with Crippen LogP contribution in [0.3, 0.4) is 0 Å². The molecule has 0 unspecified atom stereocenters. The molecule has 0 spiro atoms. The van der Waals surface area contributed by atoms with Gasteiger partial charge in [0.05, 0.1) is 6.61 Å². The van der Waals surface area contributed by atoms with Crippen molar-refractivity contribution in [3.05, 3.63) is 0 Å². The van der Waals surface area contributed by atoms with Gasteiger partial charge in [0.1, 0.15) is 0 Å². The molecule has 0 heterocycles. The summed E-state index contributed by atoms with van der Waals surface area (Å²) >= 11 is 0. The van der Waals surface area contributed by atoms with Gasteiger partial charge in [-0.25, -0.2) is 0 Å². The van der Waals surface area contributed by atoms with Crippen molar-refractivity contribution in [1.82, 2.24) is 5.32 Å². The largest absolute Gasteiger partial charge is 0.481 e. The zero-order chi connectivity index (χ0) is 12.2. The first kappa shape index (κ1) is 14.9. The van der Waals surface area contributed by atoms with Gasteiger partial charge in [0.15, 0.2) is 0 Å². The SMILES string of the molecule is CCCOCCC(=O)NCCCCC(=O)O. The van der Waals surface area contributed by atoms with Crippen LogP contribution in [0.2, 0.25) is 0 Å². The molecule has 0 rings (SSSR count). The summed E-state index contributed by atoms with van der Waals surface area (Å²) in [6.07, 6.45) is 2.79. The fourth-order valence-electron chi connectivity index (χ4n) is 1.13. The summed E-state index contributed by atoms with van der Waals surface area (Å²) in [6, 6.07) is 0. The van der Waals surface area contributed by atoms with Crippen molar-refractivity contribution in [3.8, 4) is 0 Å². The van der Waals surface area contributed by atoms with Gasteiger partial charge in [0.2, 0.25) is 5.91 Å². The average Bonchev–Trinajstić information content (AvgIpc) is 2.23. The number of unbranched alkanes of at least 4 members (excludes halogenated alkanes) is 1. The van der Waals surface area contributed by atoms with Crippen LogP contribution in [0.1, 0.15) is 39.0 Å². The molecule has 0 aromatic heterocycles. The van der Waals surface area contributed by atoms with Gasteiger partial charge in [-0.3, -0.25) is 9.59 Å². The standard InChI is InChI=1S/C11H21NO4/c1-2-8-16-9-6-10(13)12-7-4-3-5-11(14)15/h2-9H2,1H3,(H,12,13)(H,14,15). The van der Waals surface area contributed by atoms with Gasteiger partial charge >= 0.3 is 5.97 Å². The highest BCUT2D eigenvalue weighted by Crippen LogP contribution is 1.93. The third-order valence-electron chi connectivity index (χ3n) is 1.96. The molecule has 0 fully saturated rings. The molecule has 0 saturated carbocycles. The van der Waals surface area contributed by atoms with Gasteiger partial charge < -0.3 is 15.2 Å². The number of carbonyl (C=O) groups excluding carboxylic acids is 1. The molecule has 0 aliphatic carbocycles. The summed E-state index contributed by atoms with van der Waals surface area (Å²) in [5.74, 6) is -0.828. The quantitative estimate of drug-likeness (QED) is 0.553. The Hall–Kier alpha value is -1.10. The van der Waals surface area contributed by atoms with E-state index in [-0.39, 0.29) is 12.3 Å². The Morgan fingerprint density at radius 3 is 2.56 bits per heavy atom. The van der Waals surface area contributed by atoms with Crippen LogP contribution >= 0.6 is 0 Å². The molecular weight excluding hydrogens is 210 g/mol. The third-order valence-corrected chi connectivity index (χ3v) is 1.96. The lowest BCUT2D eigenvalue weighted by Gasteiger charge is -2.04. The first-order valence-electron chi connectivity index (χ1n) is 5.73. The number of carbonyl (C=O) groups is 2. The molecule has 0 atom stereocenters. The lowest BCUT2D eigenvalue weighted by atomic mass is 10.2. The number of carboxylic acids is 1. The molecule has 0 radical (unpaired) electrons. The smallest absolute Gasteiger partial charge is 0.303 e. The van der Waals surface area contributed by atoms with Crippen molar-refractivity contribution in [2.75, 3.05) is 19.8 Å². The molecule has 0 aromatic carbocycles. The maximum Gasteiger partial charge on any atom is 0.303 e. The number of carboxylic acid groups (broad SMARTS) is 1. The topological polar surface area (TPSA) is 75.6 Å². The van der Waals surface area contributed by atoms with Crippen LogP contribution in [-0.4, -0.2) is 36.7 Å². The first-order valence-corrected chi connectivity index (χ1v) is 5.73. The Kier molecular flexibility index (Phi) is 9.70. The molecule has 0 aliphatic heterocycles. The summed E-state index contributed by atoms with van der Waals surface area (Å²) in [5.41, 5.74) is 0. The van der Waals surface area contributed by atoms with E-state index in [1.807, 2.05) is 6.92 Å². The van der Waals surface area contributed by atoms with E-state index in [2.05, 4.69) is 5.32 Å². The summed E-state index contributed by atoms with van der Waals surface area (Å²) in [4.78, 5) is 21.4. The highest BCUT2D eigenvalue weighted by Gasteiger charge is 2.01. The van der Waals surface area contributed by atoms with Crippen molar-refractivity contribution in [2.24, 2.45) is 0 Å². The van der Waals surface area contributed by atoms with Gasteiger partial charge in [-0.2, -0.15) is 0 Å². The summed E-state index contributed by atoms with van der Waals surface area (Å²) < 4.78 is 5.17. The number of hydrogen-bond acceptors (Lipinski definition) is 3. The Labute approximate surface area is 96.2 Å². The highest BCUT2D eigenvalue weighted by atomic mass is 16.5. The zero-order valence-corrected chi connectivity index (χ0v) is 9.83. The molecule has 5 nitrogen and oxygen atoms in total.